The molecular formula is C14H18ClN3OS. The van der Waals surface area contributed by atoms with Crippen molar-refractivity contribution in [3.63, 3.8) is 0 Å². The number of carbonyl (C=O) groups excluding carboxylic acids is 1. The number of carbonyl (C=O) groups is 1. The van der Waals surface area contributed by atoms with Gasteiger partial charge in [0.25, 0.3) is 0 Å². The Bertz CT molecular complexity index is 618. The third-order valence-electron chi connectivity index (χ3n) is 2.72. The molecule has 1 amide bonds. The summed E-state index contributed by atoms with van der Waals surface area (Å²) in [5.74, 6) is -0.0656. The van der Waals surface area contributed by atoms with Gasteiger partial charge in [-0.1, -0.05) is 11.6 Å². The van der Waals surface area contributed by atoms with Gasteiger partial charge < -0.3 is 10.6 Å². The van der Waals surface area contributed by atoms with Crippen LogP contribution in [-0.2, 0) is 4.79 Å². The maximum atomic E-state index is 12.0. The molecule has 0 aliphatic heterocycles. The Morgan fingerprint density at radius 3 is 2.85 bits per heavy atom. The van der Waals surface area contributed by atoms with Crippen molar-refractivity contribution in [3.05, 3.63) is 22.7 Å². The number of rotatable bonds is 4. The lowest BCUT2D eigenvalue weighted by Crippen LogP contribution is -2.37. The highest BCUT2D eigenvalue weighted by Crippen LogP contribution is 2.32. The summed E-state index contributed by atoms with van der Waals surface area (Å²) in [6.45, 7) is 6.83. The molecule has 6 heteroatoms. The van der Waals surface area contributed by atoms with E-state index in [0.717, 1.165) is 10.2 Å². The van der Waals surface area contributed by atoms with Crippen LogP contribution in [0, 0.1) is 0 Å². The summed E-state index contributed by atoms with van der Waals surface area (Å²) >= 11 is 7.67. The highest BCUT2D eigenvalue weighted by molar-refractivity contribution is 7.16. The van der Waals surface area contributed by atoms with E-state index in [2.05, 4.69) is 36.4 Å². The Hall–Kier alpha value is -1.17. The van der Waals surface area contributed by atoms with Crippen LogP contribution in [0.1, 0.15) is 27.2 Å². The van der Waals surface area contributed by atoms with Gasteiger partial charge in [-0.25, -0.2) is 4.98 Å². The second-order valence-electron chi connectivity index (χ2n) is 5.60. The third-order valence-corrected chi connectivity index (χ3v) is 3.83. The van der Waals surface area contributed by atoms with Crippen molar-refractivity contribution in [1.29, 1.82) is 0 Å². The Morgan fingerprint density at radius 2 is 2.15 bits per heavy atom. The predicted molar refractivity (Wildman–Crippen MR) is 85.6 cm³/mol. The molecule has 20 heavy (non-hydrogen) atoms. The summed E-state index contributed by atoms with van der Waals surface area (Å²) in [5, 5.41) is 6.65. The molecule has 0 aliphatic carbocycles. The molecule has 1 aromatic heterocycles. The minimum Gasteiger partial charge on any atom is -0.323 e. The van der Waals surface area contributed by atoms with Gasteiger partial charge >= 0.3 is 0 Å². The normalized spacial score (nSPS) is 11.8. The number of halogens is 1. The summed E-state index contributed by atoms with van der Waals surface area (Å²) < 4.78 is 1.01. The Morgan fingerprint density at radius 1 is 1.40 bits per heavy atom. The first-order valence-corrected chi connectivity index (χ1v) is 7.69. The Kier molecular flexibility index (Phi) is 4.62. The highest BCUT2D eigenvalue weighted by atomic mass is 35.5. The fourth-order valence-corrected chi connectivity index (χ4v) is 2.66. The number of benzene rings is 1. The maximum Gasteiger partial charge on any atom is 0.225 e. The van der Waals surface area contributed by atoms with Gasteiger partial charge in [-0.05, 0) is 32.9 Å². The molecule has 2 aromatic rings. The average Bonchev–Trinajstić information content (AvgIpc) is 2.79. The van der Waals surface area contributed by atoms with Gasteiger partial charge in [-0.15, -0.1) is 11.3 Å². The molecule has 0 radical (unpaired) electrons. The lowest BCUT2D eigenvalue weighted by atomic mass is 10.1. The van der Waals surface area contributed by atoms with E-state index in [1.807, 2.05) is 6.07 Å². The fourth-order valence-electron chi connectivity index (χ4n) is 1.78. The van der Waals surface area contributed by atoms with Crippen LogP contribution in [0.15, 0.2) is 17.6 Å². The van der Waals surface area contributed by atoms with Crippen LogP contribution in [-0.4, -0.2) is 23.0 Å². The number of nitrogens with one attached hydrogen (secondary N) is 2. The first-order valence-electron chi connectivity index (χ1n) is 6.43. The number of thiazole rings is 1. The summed E-state index contributed by atoms with van der Waals surface area (Å²) in [6.07, 6.45) is 0.397. The van der Waals surface area contributed by atoms with Crippen molar-refractivity contribution in [2.24, 2.45) is 0 Å². The zero-order chi connectivity index (χ0) is 14.8. The number of fused-ring (bicyclic) bond motifs is 1. The minimum atomic E-state index is -0.0656. The lowest BCUT2D eigenvalue weighted by molar-refractivity contribution is -0.116. The van der Waals surface area contributed by atoms with Gasteiger partial charge in [0.2, 0.25) is 5.91 Å². The van der Waals surface area contributed by atoms with Crippen molar-refractivity contribution in [2.45, 2.75) is 32.7 Å². The van der Waals surface area contributed by atoms with E-state index in [9.17, 15) is 4.79 Å². The van der Waals surface area contributed by atoms with Crippen LogP contribution in [0.3, 0.4) is 0 Å². The molecule has 0 fully saturated rings. The van der Waals surface area contributed by atoms with Gasteiger partial charge in [0, 0.05) is 18.5 Å². The number of nitrogens with zero attached hydrogens (tertiary/aromatic N) is 1. The van der Waals surface area contributed by atoms with E-state index in [1.165, 1.54) is 11.3 Å². The first-order chi connectivity index (χ1) is 9.37. The van der Waals surface area contributed by atoms with Crippen molar-refractivity contribution in [1.82, 2.24) is 10.3 Å². The topological polar surface area (TPSA) is 54.0 Å². The maximum absolute atomic E-state index is 12.0. The molecule has 108 valence electrons. The number of hydrogen-bond donors (Lipinski definition) is 2. The predicted octanol–water partition coefficient (Wildman–Crippen LogP) is 3.67. The van der Waals surface area contributed by atoms with Crippen molar-refractivity contribution in [2.75, 3.05) is 11.9 Å². The second kappa shape index (κ2) is 6.08. The standard InChI is InChI=1S/C14H18ClN3OS/c1-14(2,3)17-7-6-11(19)18-12-9(15)4-5-10-13(12)16-8-20-10/h4-5,8,17H,6-7H2,1-3H3,(H,18,19). The monoisotopic (exact) mass is 311 g/mol. The smallest absolute Gasteiger partial charge is 0.225 e. The quantitative estimate of drug-likeness (QED) is 0.906. The molecule has 0 saturated carbocycles. The summed E-state index contributed by atoms with van der Waals surface area (Å²) in [5.41, 5.74) is 3.11. The van der Waals surface area contributed by atoms with Gasteiger partial charge in [-0.3, -0.25) is 4.79 Å². The molecule has 0 atom stereocenters. The summed E-state index contributed by atoms with van der Waals surface area (Å²) in [4.78, 5) is 16.2. The molecule has 0 bridgehead atoms. The molecule has 4 nitrogen and oxygen atoms in total. The van der Waals surface area contributed by atoms with E-state index in [1.54, 1.807) is 11.6 Å². The summed E-state index contributed by atoms with van der Waals surface area (Å²) in [6, 6.07) is 3.69. The molecule has 0 spiro atoms. The molecule has 1 aromatic carbocycles. The van der Waals surface area contributed by atoms with Crippen LogP contribution in [0.25, 0.3) is 10.2 Å². The molecule has 0 aliphatic rings. The molecular weight excluding hydrogens is 294 g/mol. The minimum absolute atomic E-state index is 0.00680. The Labute approximate surface area is 127 Å². The average molecular weight is 312 g/mol. The molecule has 1 heterocycles. The van der Waals surface area contributed by atoms with Gasteiger partial charge in [0.05, 0.1) is 20.9 Å². The molecule has 2 N–H and O–H groups in total. The van der Waals surface area contributed by atoms with E-state index in [-0.39, 0.29) is 11.4 Å². The van der Waals surface area contributed by atoms with Crippen LogP contribution in [0.4, 0.5) is 5.69 Å². The van der Waals surface area contributed by atoms with Crippen molar-refractivity contribution < 1.29 is 4.79 Å². The molecule has 2 rings (SSSR count). The fraction of sp³-hybridized carbons (Fsp3) is 0.429. The van der Waals surface area contributed by atoms with Crippen LogP contribution in [0.2, 0.25) is 5.02 Å². The number of amides is 1. The number of anilines is 1. The third kappa shape index (κ3) is 3.91. The number of hydrogen-bond acceptors (Lipinski definition) is 4. The molecule has 0 unspecified atom stereocenters. The largest absolute Gasteiger partial charge is 0.323 e. The van der Waals surface area contributed by atoms with Crippen molar-refractivity contribution in [3.8, 4) is 0 Å². The first kappa shape index (κ1) is 15.2. The van der Waals surface area contributed by atoms with Crippen LogP contribution in [0.5, 0.6) is 0 Å². The van der Waals surface area contributed by atoms with Crippen molar-refractivity contribution >= 4 is 44.7 Å². The number of aromatic nitrogens is 1. The lowest BCUT2D eigenvalue weighted by Gasteiger charge is -2.20. The zero-order valence-corrected chi connectivity index (χ0v) is 13.4. The van der Waals surface area contributed by atoms with E-state index >= 15 is 0 Å². The van der Waals surface area contributed by atoms with Gasteiger partial charge in [-0.2, -0.15) is 0 Å². The molecule has 0 saturated heterocycles. The van der Waals surface area contributed by atoms with Gasteiger partial charge in [0.1, 0.15) is 5.52 Å². The summed E-state index contributed by atoms with van der Waals surface area (Å²) in [7, 11) is 0. The Balaban J connectivity index is 2.03. The van der Waals surface area contributed by atoms with Crippen LogP contribution < -0.4 is 10.6 Å². The van der Waals surface area contributed by atoms with E-state index < -0.39 is 0 Å². The zero-order valence-electron chi connectivity index (χ0n) is 11.8. The highest BCUT2D eigenvalue weighted by Gasteiger charge is 2.13. The van der Waals surface area contributed by atoms with Crippen LogP contribution >= 0.6 is 22.9 Å². The van der Waals surface area contributed by atoms with E-state index in [4.69, 9.17) is 11.6 Å². The second-order valence-corrected chi connectivity index (χ2v) is 6.89. The van der Waals surface area contributed by atoms with E-state index in [0.29, 0.717) is 23.7 Å². The van der Waals surface area contributed by atoms with Gasteiger partial charge in [0.15, 0.2) is 0 Å². The SMILES string of the molecule is CC(C)(C)NCCC(=O)Nc1c(Cl)ccc2scnc12.